The Morgan fingerprint density at radius 1 is 1.27 bits per heavy atom. The van der Waals surface area contributed by atoms with E-state index in [0.717, 1.165) is 12.0 Å². The van der Waals surface area contributed by atoms with Gasteiger partial charge < -0.3 is 14.3 Å². The van der Waals surface area contributed by atoms with Crippen LogP contribution in [0.1, 0.15) is 32.8 Å². The zero-order chi connectivity index (χ0) is 19.1. The van der Waals surface area contributed by atoms with Gasteiger partial charge in [-0.3, -0.25) is 4.90 Å². The smallest absolute Gasteiger partial charge is 0.410 e. The molecule has 1 aliphatic carbocycles. The molecule has 4 atom stereocenters. The van der Waals surface area contributed by atoms with Gasteiger partial charge in [-0.15, -0.1) is 0 Å². The summed E-state index contributed by atoms with van der Waals surface area (Å²) < 4.78 is 12.1. The first-order valence-corrected chi connectivity index (χ1v) is 12.3. The molecule has 3 aliphatic rings. The number of aliphatic hydroxyl groups is 1. The normalized spacial score (nSPS) is 28.0. The number of nitrogens with zero attached hydrogens (tertiary/aromatic N) is 1. The second-order valence-electron chi connectivity index (χ2n) is 9.01. The number of benzene rings is 1. The molecule has 0 unspecified atom stereocenters. The zero-order valence-corrected chi connectivity index (χ0v) is 17.4. The average Bonchev–Trinajstić information content (AvgIpc) is 3.11. The Labute approximate surface area is 157 Å². The van der Waals surface area contributed by atoms with Crippen LogP contribution in [0.15, 0.2) is 30.3 Å². The number of hydrogen-bond acceptors (Lipinski definition) is 4. The highest BCUT2D eigenvalue weighted by Crippen LogP contribution is 2.51. The molecule has 2 aliphatic heterocycles. The van der Waals surface area contributed by atoms with Gasteiger partial charge in [0.1, 0.15) is 6.61 Å². The van der Waals surface area contributed by atoms with Crippen LogP contribution in [0, 0.1) is 5.92 Å². The molecule has 0 radical (unpaired) electrons. The summed E-state index contributed by atoms with van der Waals surface area (Å²) in [5, 5.41) is 9.97. The summed E-state index contributed by atoms with van der Waals surface area (Å²) in [6.45, 7) is 11.3. The van der Waals surface area contributed by atoms with Gasteiger partial charge in [-0.2, -0.15) is 0 Å². The van der Waals surface area contributed by atoms with Crippen LogP contribution >= 0.6 is 0 Å². The molecule has 1 N–H and O–H groups in total. The van der Waals surface area contributed by atoms with E-state index in [1.165, 1.54) is 0 Å². The Kier molecular flexibility index (Phi) is 5.21. The van der Waals surface area contributed by atoms with Gasteiger partial charge in [-0.25, -0.2) is 4.79 Å². The number of carbonyl (C=O) groups excluding carboxylic acids is 1. The maximum Gasteiger partial charge on any atom is 0.410 e. The third-order valence-corrected chi connectivity index (χ3v) is 10.8. The van der Waals surface area contributed by atoms with Crippen molar-refractivity contribution < 1.29 is 19.1 Å². The van der Waals surface area contributed by atoms with Crippen molar-refractivity contribution in [3.63, 3.8) is 0 Å². The minimum absolute atomic E-state index is 0.0227. The van der Waals surface area contributed by atoms with E-state index in [-0.39, 0.29) is 48.5 Å². The molecule has 3 fully saturated rings. The molecular weight excluding hydrogens is 346 g/mol. The van der Waals surface area contributed by atoms with E-state index in [9.17, 15) is 9.90 Å². The maximum absolute atomic E-state index is 12.7. The minimum atomic E-state index is -1.92. The van der Waals surface area contributed by atoms with Crippen LogP contribution in [0.3, 0.4) is 0 Å². The molecule has 0 aromatic heterocycles. The monoisotopic (exact) mass is 377 g/mol. The molecule has 26 heavy (non-hydrogen) atoms. The molecule has 2 saturated heterocycles. The average molecular weight is 378 g/mol. The predicted molar refractivity (Wildman–Crippen MR) is 103 cm³/mol. The number of carbonyl (C=O) groups is 1. The molecule has 1 aromatic carbocycles. The quantitative estimate of drug-likeness (QED) is 0.794. The summed E-state index contributed by atoms with van der Waals surface area (Å²) in [4.78, 5) is 14.4. The molecule has 2 bridgehead atoms. The van der Waals surface area contributed by atoms with Crippen molar-refractivity contribution in [2.24, 2.45) is 5.92 Å². The summed E-state index contributed by atoms with van der Waals surface area (Å²) in [5.41, 5.74) is 0.960. The molecule has 6 heteroatoms. The molecular formula is C20H31NO4Si. The molecule has 4 rings (SSSR count). The first-order chi connectivity index (χ1) is 12.2. The van der Waals surface area contributed by atoms with Crippen molar-refractivity contribution in [3.05, 3.63) is 35.9 Å². The summed E-state index contributed by atoms with van der Waals surface area (Å²) in [6.07, 6.45) is 0.573. The molecule has 5 nitrogen and oxygen atoms in total. The van der Waals surface area contributed by atoms with E-state index in [0.29, 0.717) is 0 Å². The third kappa shape index (κ3) is 3.42. The van der Waals surface area contributed by atoms with Crippen molar-refractivity contribution in [3.8, 4) is 0 Å². The Bertz CT molecular complexity index is 643. The maximum atomic E-state index is 12.7. The lowest BCUT2D eigenvalue weighted by Gasteiger charge is -2.45. The zero-order valence-electron chi connectivity index (χ0n) is 16.4. The van der Waals surface area contributed by atoms with E-state index in [2.05, 4.69) is 33.9 Å². The van der Waals surface area contributed by atoms with Crippen LogP contribution < -0.4 is 0 Å². The number of amides is 1. The Balaban J connectivity index is 1.66. The lowest BCUT2D eigenvalue weighted by atomic mass is 9.80. The van der Waals surface area contributed by atoms with Gasteiger partial charge in [0, 0.05) is 5.92 Å². The Morgan fingerprint density at radius 3 is 2.50 bits per heavy atom. The Hall–Kier alpha value is -1.37. The largest absolute Gasteiger partial charge is 0.445 e. The van der Waals surface area contributed by atoms with Gasteiger partial charge in [0.15, 0.2) is 8.32 Å². The van der Waals surface area contributed by atoms with Crippen LogP contribution in [-0.2, 0) is 15.8 Å². The number of fused-ring (bicyclic) bond motifs is 1. The van der Waals surface area contributed by atoms with Crippen LogP contribution in [0.2, 0.25) is 18.1 Å². The molecule has 2 heterocycles. The second kappa shape index (κ2) is 6.98. The van der Waals surface area contributed by atoms with Crippen molar-refractivity contribution in [2.75, 3.05) is 6.61 Å². The predicted octanol–water partition coefficient (Wildman–Crippen LogP) is 3.78. The highest BCUT2D eigenvalue weighted by atomic mass is 28.4. The van der Waals surface area contributed by atoms with Gasteiger partial charge in [-0.05, 0) is 30.1 Å². The van der Waals surface area contributed by atoms with E-state index >= 15 is 0 Å². The van der Waals surface area contributed by atoms with E-state index < -0.39 is 8.32 Å². The van der Waals surface area contributed by atoms with Crippen LogP contribution in [-0.4, -0.2) is 49.2 Å². The standard InChI is InChI=1S/C20H31NO4Si/c1-20(2,3)26(4,5)25-18-15-11-16(18)21(17(15)12-22)19(23)24-13-14-9-7-6-8-10-14/h6-10,15-18,22H,11-13H2,1-5H3/t15-,16-,17+,18-/m1/s1. The van der Waals surface area contributed by atoms with Crippen LogP contribution in [0.4, 0.5) is 4.79 Å². The van der Waals surface area contributed by atoms with Gasteiger partial charge in [0.2, 0.25) is 0 Å². The van der Waals surface area contributed by atoms with Crippen LogP contribution in [0.5, 0.6) is 0 Å². The Morgan fingerprint density at radius 2 is 1.92 bits per heavy atom. The molecule has 0 spiro atoms. The van der Waals surface area contributed by atoms with E-state index in [1.807, 2.05) is 30.3 Å². The lowest BCUT2D eigenvalue weighted by Crippen LogP contribution is -2.54. The summed E-state index contributed by atoms with van der Waals surface area (Å²) in [7, 11) is -1.92. The van der Waals surface area contributed by atoms with Crippen molar-refractivity contribution in [1.29, 1.82) is 0 Å². The van der Waals surface area contributed by atoms with Crippen molar-refractivity contribution >= 4 is 14.4 Å². The fraction of sp³-hybridized carbons (Fsp3) is 0.650. The van der Waals surface area contributed by atoms with Crippen molar-refractivity contribution in [1.82, 2.24) is 4.90 Å². The van der Waals surface area contributed by atoms with Gasteiger partial charge in [0.25, 0.3) is 0 Å². The first kappa shape index (κ1) is 19.4. The lowest BCUT2D eigenvalue weighted by molar-refractivity contribution is 0.0260. The first-order valence-electron chi connectivity index (χ1n) is 9.43. The fourth-order valence-electron chi connectivity index (χ4n) is 3.71. The number of rotatable bonds is 5. The van der Waals surface area contributed by atoms with Gasteiger partial charge >= 0.3 is 6.09 Å². The SMILES string of the molecule is CC(C)(C)[Si](C)(C)O[C@@H]1[C@@H]2C[C@H]1N(C(=O)OCc1ccccc1)[C@H]2CO. The molecule has 1 aromatic rings. The highest BCUT2D eigenvalue weighted by Gasteiger charge is 2.62. The summed E-state index contributed by atoms with van der Waals surface area (Å²) in [5.74, 6) is 0.211. The molecule has 1 saturated carbocycles. The number of aliphatic hydroxyl groups excluding tert-OH is 1. The fourth-order valence-corrected chi connectivity index (χ4v) is 5.07. The topological polar surface area (TPSA) is 59.0 Å². The third-order valence-electron chi connectivity index (χ3n) is 6.36. The van der Waals surface area contributed by atoms with Gasteiger partial charge in [-0.1, -0.05) is 51.1 Å². The molecule has 1 amide bonds. The second-order valence-corrected chi connectivity index (χ2v) is 13.8. The summed E-state index contributed by atoms with van der Waals surface area (Å²) >= 11 is 0. The summed E-state index contributed by atoms with van der Waals surface area (Å²) in [6, 6.07) is 9.48. The minimum Gasteiger partial charge on any atom is -0.445 e. The van der Waals surface area contributed by atoms with E-state index in [1.54, 1.807) is 4.90 Å². The van der Waals surface area contributed by atoms with E-state index in [4.69, 9.17) is 9.16 Å². The van der Waals surface area contributed by atoms with Gasteiger partial charge in [0.05, 0.1) is 24.8 Å². The van der Waals surface area contributed by atoms with Crippen molar-refractivity contribution in [2.45, 2.75) is 70.1 Å². The number of hydrogen-bond donors (Lipinski definition) is 1. The molecule has 144 valence electrons. The van der Waals surface area contributed by atoms with Crippen LogP contribution in [0.25, 0.3) is 0 Å². The highest BCUT2D eigenvalue weighted by molar-refractivity contribution is 6.74. The number of ether oxygens (including phenoxy) is 1.